The van der Waals surface area contributed by atoms with Crippen LogP contribution in [0.3, 0.4) is 0 Å². The van der Waals surface area contributed by atoms with Crippen LogP contribution < -0.4 is 16.0 Å². The summed E-state index contributed by atoms with van der Waals surface area (Å²) in [5.41, 5.74) is 2.70. The zero-order valence-electron chi connectivity index (χ0n) is 17.6. The van der Waals surface area contributed by atoms with E-state index in [9.17, 15) is 9.18 Å². The lowest BCUT2D eigenvalue weighted by atomic mass is 10.1. The molecular formula is C23H21ClFN7O. The van der Waals surface area contributed by atoms with Crippen molar-refractivity contribution in [2.45, 2.75) is 25.3 Å². The van der Waals surface area contributed by atoms with E-state index in [1.807, 2.05) is 30.3 Å². The van der Waals surface area contributed by atoms with Gasteiger partial charge in [0.25, 0.3) is 5.91 Å². The second kappa shape index (κ2) is 9.03. The Morgan fingerprint density at radius 1 is 1.15 bits per heavy atom. The number of benzene rings is 1. The Labute approximate surface area is 194 Å². The highest BCUT2D eigenvalue weighted by Crippen LogP contribution is 2.28. The summed E-state index contributed by atoms with van der Waals surface area (Å²) in [5.74, 6) is -0.536. The first-order chi connectivity index (χ1) is 16.1. The average molecular weight is 466 g/mol. The molecule has 1 amide bonds. The summed E-state index contributed by atoms with van der Waals surface area (Å²) in [6.45, 7) is 0.640. The Balaban J connectivity index is 1.40. The van der Waals surface area contributed by atoms with Gasteiger partial charge in [0.1, 0.15) is 5.82 Å². The number of rotatable bonds is 8. The van der Waals surface area contributed by atoms with Crippen LogP contribution >= 0.6 is 11.6 Å². The number of nitrogens with zero attached hydrogens (tertiary/aromatic N) is 4. The first-order valence-corrected chi connectivity index (χ1v) is 11.0. The Bertz CT molecular complexity index is 1300. The molecule has 3 aromatic heterocycles. The maximum absolute atomic E-state index is 13.9. The van der Waals surface area contributed by atoms with Gasteiger partial charge in [0, 0.05) is 29.9 Å². The number of fused-ring (bicyclic) bond motifs is 1. The summed E-state index contributed by atoms with van der Waals surface area (Å²) < 4.78 is 15.4. The van der Waals surface area contributed by atoms with Crippen molar-refractivity contribution < 1.29 is 9.18 Å². The number of pyridine rings is 1. The number of hydrogen-bond acceptors (Lipinski definition) is 6. The lowest BCUT2D eigenvalue weighted by molar-refractivity contribution is 0.102. The largest absolute Gasteiger partial charge is 0.379 e. The maximum Gasteiger partial charge on any atom is 0.276 e. The number of nitrogens with one attached hydrogen (secondary N) is 3. The van der Waals surface area contributed by atoms with Crippen LogP contribution in [-0.4, -0.2) is 38.1 Å². The zero-order chi connectivity index (χ0) is 22.8. The van der Waals surface area contributed by atoms with Gasteiger partial charge in [-0.3, -0.25) is 9.78 Å². The normalized spacial score (nSPS) is 13.2. The molecule has 0 bridgehead atoms. The van der Waals surface area contributed by atoms with Crippen molar-refractivity contribution in [3.63, 3.8) is 0 Å². The minimum Gasteiger partial charge on any atom is -0.379 e. The second-order valence-electron chi connectivity index (χ2n) is 7.85. The maximum atomic E-state index is 13.9. The van der Waals surface area contributed by atoms with E-state index in [1.54, 1.807) is 0 Å². The van der Waals surface area contributed by atoms with Crippen molar-refractivity contribution in [3.05, 3.63) is 77.1 Å². The molecule has 1 fully saturated rings. The molecule has 0 aliphatic heterocycles. The van der Waals surface area contributed by atoms with Gasteiger partial charge in [-0.15, -0.1) is 5.10 Å². The van der Waals surface area contributed by atoms with E-state index < -0.39 is 11.7 Å². The smallest absolute Gasteiger partial charge is 0.276 e. The molecule has 8 nitrogen and oxygen atoms in total. The minimum atomic E-state index is -0.617. The van der Waals surface area contributed by atoms with Crippen molar-refractivity contribution in [2.75, 3.05) is 22.5 Å². The number of anilines is 3. The number of amides is 1. The lowest BCUT2D eigenvalue weighted by Gasteiger charge is -2.12. The van der Waals surface area contributed by atoms with Gasteiger partial charge in [-0.2, -0.15) is 0 Å². The SMILES string of the molecule is O=C(Nc1ccncc1F)c1cnc2c(NC3CC3)cc(NCCc3ccc(Cl)cc3)nn12. The van der Waals surface area contributed by atoms with Gasteiger partial charge in [0.15, 0.2) is 17.2 Å². The van der Waals surface area contributed by atoms with Crippen molar-refractivity contribution >= 4 is 40.3 Å². The van der Waals surface area contributed by atoms with Gasteiger partial charge in [-0.1, -0.05) is 23.7 Å². The van der Waals surface area contributed by atoms with Crippen LogP contribution in [0.15, 0.2) is 55.0 Å². The van der Waals surface area contributed by atoms with Crippen molar-refractivity contribution in [1.29, 1.82) is 0 Å². The fraction of sp³-hybridized carbons (Fsp3) is 0.217. The van der Waals surface area contributed by atoms with Gasteiger partial charge in [0.05, 0.1) is 23.8 Å². The van der Waals surface area contributed by atoms with Gasteiger partial charge in [-0.05, 0) is 43.0 Å². The van der Waals surface area contributed by atoms with E-state index in [0.29, 0.717) is 29.1 Å². The highest BCUT2D eigenvalue weighted by molar-refractivity contribution is 6.30. The molecule has 5 rings (SSSR count). The molecule has 3 N–H and O–H groups in total. The third kappa shape index (κ3) is 4.88. The van der Waals surface area contributed by atoms with Crippen molar-refractivity contribution in [3.8, 4) is 0 Å². The Hall–Kier alpha value is -3.72. The van der Waals surface area contributed by atoms with E-state index in [-0.39, 0.29) is 11.4 Å². The second-order valence-corrected chi connectivity index (χ2v) is 8.29. The fourth-order valence-electron chi connectivity index (χ4n) is 3.41. The van der Waals surface area contributed by atoms with E-state index in [4.69, 9.17) is 11.6 Å². The number of halogens is 2. The van der Waals surface area contributed by atoms with E-state index in [1.165, 1.54) is 23.0 Å². The summed E-state index contributed by atoms with van der Waals surface area (Å²) in [5, 5.41) is 14.6. The molecule has 0 saturated heterocycles. The van der Waals surface area contributed by atoms with Crippen LogP contribution in [0.5, 0.6) is 0 Å². The fourth-order valence-corrected chi connectivity index (χ4v) is 3.54. The molecule has 0 spiro atoms. The standard InChI is InChI=1S/C23H21ClFN7O/c24-15-3-1-14(2-4-15)7-10-27-21-11-19(29-16-5-6-16)22-28-13-20(32(22)31-21)23(33)30-18-8-9-26-12-17(18)25/h1-4,8-9,11-13,16,29H,5-7,10H2,(H,27,31)(H,26,30,33). The van der Waals surface area contributed by atoms with Crippen molar-refractivity contribution in [2.24, 2.45) is 0 Å². The third-order valence-corrected chi connectivity index (χ3v) is 5.54. The number of hydrogen-bond donors (Lipinski definition) is 3. The molecule has 0 radical (unpaired) electrons. The van der Waals surface area contributed by atoms with E-state index >= 15 is 0 Å². The molecule has 168 valence electrons. The highest BCUT2D eigenvalue weighted by Gasteiger charge is 2.24. The summed E-state index contributed by atoms with van der Waals surface area (Å²) >= 11 is 5.95. The Morgan fingerprint density at radius 3 is 2.73 bits per heavy atom. The first kappa shape index (κ1) is 21.1. The molecule has 33 heavy (non-hydrogen) atoms. The van der Waals surface area contributed by atoms with Crippen LogP contribution in [0.25, 0.3) is 5.65 Å². The quantitative estimate of drug-likeness (QED) is 0.357. The molecule has 1 aliphatic rings. The van der Waals surface area contributed by atoms with Crippen LogP contribution in [0, 0.1) is 5.82 Å². The third-order valence-electron chi connectivity index (χ3n) is 5.29. The number of carbonyl (C=O) groups excluding carboxylic acids is 1. The monoisotopic (exact) mass is 465 g/mol. The van der Waals surface area contributed by atoms with Gasteiger partial charge < -0.3 is 16.0 Å². The number of imidazole rings is 1. The summed E-state index contributed by atoms with van der Waals surface area (Å²) in [4.78, 5) is 21.0. The molecule has 1 aliphatic carbocycles. The van der Waals surface area contributed by atoms with Crippen LogP contribution in [0.1, 0.15) is 28.9 Å². The topological polar surface area (TPSA) is 96.2 Å². The van der Waals surface area contributed by atoms with E-state index in [2.05, 4.69) is 31.0 Å². The Morgan fingerprint density at radius 2 is 1.97 bits per heavy atom. The predicted octanol–water partition coefficient (Wildman–Crippen LogP) is 4.40. The summed E-state index contributed by atoms with van der Waals surface area (Å²) in [6.07, 6.45) is 6.84. The molecule has 1 aromatic carbocycles. The van der Waals surface area contributed by atoms with Crippen molar-refractivity contribution in [1.82, 2.24) is 19.6 Å². The molecule has 1 saturated carbocycles. The number of carbonyl (C=O) groups is 1. The van der Waals surface area contributed by atoms with Crippen LogP contribution in [0.2, 0.25) is 5.02 Å². The summed E-state index contributed by atoms with van der Waals surface area (Å²) in [6, 6.07) is 11.4. The van der Waals surface area contributed by atoms with Gasteiger partial charge in [0.2, 0.25) is 0 Å². The average Bonchev–Trinajstić information content (AvgIpc) is 3.52. The predicted molar refractivity (Wildman–Crippen MR) is 125 cm³/mol. The highest BCUT2D eigenvalue weighted by atomic mass is 35.5. The number of aromatic nitrogens is 4. The van der Waals surface area contributed by atoms with Gasteiger partial charge >= 0.3 is 0 Å². The minimum absolute atomic E-state index is 0.0403. The molecule has 0 unspecified atom stereocenters. The molecule has 3 heterocycles. The lowest BCUT2D eigenvalue weighted by Crippen LogP contribution is -2.18. The van der Waals surface area contributed by atoms with Gasteiger partial charge in [-0.25, -0.2) is 13.9 Å². The van der Waals surface area contributed by atoms with Crippen LogP contribution in [-0.2, 0) is 6.42 Å². The first-order valence-electron chi connectivity index (χ1n) is 10.6. The molecule has 4 aromatic rings. The van der Waals surface area contributed by atoms with Crippen LogP contribution in [0.4, 0.5) is 21.6 Å². The molecule has 0 atom stereocenters. The Kier molecular flexibility index (Phi) is 5.78. The van der Waals surface area contributed by atoms with E-state index in [0.717, 1.165) is 36.7 Å². The molecule has 10 heteroatoms. The summed E-state index contributed by atoms with van der Waals surface area (Å²) in [7, 11) is 0. The molecular weight excluding hydrogens is 445 g/mol. The zero-order valence-corrected chi connectivity index (χ0v) is 18.3.